The predicted octanol–water partition coefficient (Wildman–Crippen LogP) is -1.21. The smallest absolute Gasteiger partial charge is 0.286 e. The molecule has 4 nitrogen and oxygen atoms in total. The van der Waals surface area contributed by atoms with Crippen LogP contribution in [0.3, 0.4) is 0 Å². The minimum atomic E-state index is -0.834. The fourth-order valence-electron chi connectivity index (χ4n) is 1.08. The Morgan fingerprint density at radius 2 is 2.20 bits per heavy atom. The molecular weight excluding hydrogens is 132 g/mol. The van der Waals surface area contributed by atoms with Gasteiger partial charge in [0.05, 0.1) is 6.04 Å². The molecule has 0 aromatic rings. The van der Waals surface area contributed by atoms with E-state index in [4.69, 9.17) is 5.73 Å². The van der Waals surface area contributed by atoms with Gasteiger partial charge in [0.25, 0.3) is 5.91 Å². The van der Waals surface area contributed by atoms with Crippen molar-refractivity contribution in [3.63, 3.8) is 0 Å². The maximum absolute atomic E-state index is 10.8. The zero-order valence-corrected chi connectivity index (χ0v) is 5.59. The van der Waals surface area contributed by atoms with Crippen molar-refractivity contribution < 1.29 is 9.59 Å². The second-order valence-electron chi connectivity index (χ2n) is 2.38. The van der Waals surface area contributed by atoms with Crippen molar-refractivity contribution in [2.75, 3.05) is 6.54 Å². The van der Waals surface area contributed by atoms with Gasteiger partial charge in [0.2, 0.25) is 5.78 Å². The number of hydrogen-bond acceptors (Lipinski definition) is 3. The van der Waals surface area contributed by atoms with Gasteiger partial charge in [-0.3, -0.25) is 9.59 Å². The lowest BCUT2D eigenvalue weighted by Crippen LogP contribution is -2.39. The first-order chi connectivity index (χ1) is 4.72. The van der Waals surface area contributed by atoms with Crippen LogP contribution in [0.2, 0.25) is 0 Å². The molecule has 1 unspecified atom stereocenters. The summed E-state index contributed by atoms with van der Waals surface area (Å²) in [4.78, 5) is 21.1. The number of ketones is 1. The molecule has 56 valence electrons. The van der Waals surface area contributed by atoms with Crippen LogP contribution in [0.5, 0.6) is 0 Å². The van der Waals surface area contributed by atoms with Crippen LogP contribution in [-0.4, -0.2) is 24.3 Å². The first-order valence-electron chi connectivity index (χ1n) is 3.29. The predicted molar refractivity (Wildman–Crippen MR) is 35.2 cm³/mol. The van der Waals surface area contributed by atoms with Crippen molar-refractivity contribution in [2.24, 2.45) is 5.73 Å². The molecule has 1 aliphatic heterocycles. The highest BCUT2D eigenvalue weighted by Crippen LogP contribution is 2.04. The molecular formula is C6H10N2O2. The van der Waals surface area contributed by atoms with E-state index >= 15 is 0 Å². The van der Waals surface area contributed by atoms with E-state index in [2.05, 4.69) is 5.32 Å². The van der Waals surface area contributed by atoms with Gasteiger partial charge < -0.3 is 11.1 Å². The summed E-state index contributed by atoms with van der Waals surface area (Å²) in [5.74, 6) is -1.32. The van der Waals surface area contributed by atoms with Gasteiger partial charge in [0.1, 0.15) is 0 Å². The highest BCUT2D eigenvalue weighted by atomic mass is 16.2. The Morgan fingerprint density at radius 1 is 1.50 bits per heavy atom. The van der Waals surface area contributed by atoms with Crippen molar-refractivity contribution in [1.29, 1.82) is 0 Å². The molecule has 1 aliphatic rings. The SMILES string of the molecule is NC(=O)C(=O)C1CCCN1. The summed E-state index contributed by atoms with van der Waals surface area (Å²) in [5.41, 5.74) is 4.79. The van der Waals surface area contributed by atoms with Crippen LogP contribution in [0.4, 0.5) is 0 Å². The molecule has 1 fully saturated rings. The maximum Gasteiger partial charge on any atom is 0.286 e. The number of nitrogens with two attached hydrogens (primary N) is 1. The number of Topliss-reactive ketones (excluding diaryl/α,β-unsaturated/α-hetero) is 1. The second kappa shape index (κ2) is 2.79. The first-order valence-corrected chi connectivity index (χ1v) is 3.29. The molecule has 1 heterocycles. The lowest BCUT2D eigenvalue weighted by atomic mass is 10.1. The summed E-state index contributed by atoms with van der Waals surface area (Å²) < 4.78 is 0. The summed E-state index contributed by atoms with van der Waals surface area (Å²) >= 11 is 0. The molecule has 0 bridgehead atoms. The molecule has 1 rings (SSSR count). The fourth-order valence-corrected chi connectivity index (χ4v) is 1.08. The van der Waals surface area contributed by atoms with Gasteiger partial charge in [-0.15, -0.1) is 0 Å². The van der Waals surface area contributed by atoms with Crippen molar-refractivity contribution in [3.8, 4) is 0 Å². The standard InChI is InChI=1S/C6H10N2O2/c7-6(10)5(9)4-2-1-3-8-4/h4,8H,1-3H2,(H2,7,10). The Bertz CT molecular complexity index is 161. The number of amides is 1. The lowest BCUT2D eigenvalue weighted by Gasteiger charge is -2.03. The van der Waals surface area contributed by atoms with Crippen LogP contribution in [0.25, 0.3) is 0 Å². The molecule has 0 aromatic carbocycles. The third kappa shape index (κ3) is 1.33. The van der Waals surface area contributed by atoms with Crippen molar-refractivity contribution in [3.05, 3.63) is 0 Å². The van der Waals surface area contributed by atoms with E-state index in [0.717, 1.165) is 19.4 Å². The normalized spacial score (nSPS) is 24.6. The molecule has 0 aromatic heterocycles. The van der Waals surface area contributed by atoms with Crippen molar-refractivity contribution in [1.82, 2.24) is 5.32 Å². The van der Waals surface area contributed by atoms with Crippen LogP contribution < -0.4 is 11.1 Å². The van der Waals surface area contributed by atoms with Gasteiger partial charge in [0, 0.05) is 0 Å². The summed E-state index contributed by atoms with van der Waals surface area (Å²) in [5, 5.41) is 2.89. The lowest BCUT2D eigenvalue weighted by molar-refractivity contribution is -0.137. The average molecular weight is 142 g/mol. The number of rotatable bonds is 2. The van der Waals surface area contributed by atoms with Gasteiger partial charge in [-0.2, -0.15) is 0 Å². The molecule has 3 N–H and O–H groups in total. The molecule has 1 amide bonds. The minimum Gasteiger partial charge on any atom is -0.363 e. The van der Waals surface area contributed by atoms with Crippen LogP contribution in [0.1, 0.15) is 12.8 Å². The Kier molecular flexibility index (Phi) is 2.01. The van der Waals surface area contributed by atoms with E-state index < -0.39 is 11.7 Å². The first kappa shape index (κ1) is 7.21. The Balaban J connectivity index is 2.48. The molecule has 0 radical (unpaired) electrons. The molecule has 4 heteroatoms. The zero-order chi connectivity index (χ0) is 7.56. The Hall–Kier alpha value is -0.900. The van der Waals surface area contributed by atoms with Crippen LogP contribution >= 0.6 is 0 Å². The summed E-state index contributed by atoms with van der Waals surface area (Å²) in [7, 11) is 0. The highest BCUT2D eigenvalue weighted by Gasteiger charge is 2.25. The van der Waals surface area contributed by atoms with Gasteiger partial charge >= 0.3 is 0 Å². The number of nitrogens with one attached hydrogen (secondary N) is 1. The number of carbonyl (C=O) groups is 2. The highest BCUT2D eigenvalue weighted by molar-refractivity contribution is 6.37. The number of primary amides is 1. The monoisotopic (exact) mass is 142 g/mol. The molecule has 10 heavy (non-hydrogen) atoms. The van der Waals surface area contributed by atoms with Crippen molar-refractivity contribution >= 4 is 11.7 Å². The number of carbonyl (C=O) groups excluding carboxylic acids is 2. The van der Waals surface area contributed by atoms with E-state index in [1.165, 1.54) is 0 Å². The summed E-state index contributed by atoms with van der Waals surface area (Å²) in [6, 6.07) is -0.308. The third-order valence-electron chi connectivity index (χ3n) is 1.62. The fraction of sp³-hybridized carbons (Fsp3) is 0.667. The van der Waals surface area contributed by atoms with E-state index in [-0.39, 0.29) is 6.04 Å². The number of hydrogen-bond donors (Lipinski definition) is 2. The molecule has 0 aliphatic carbocycles. The minimum absolute atomic E-state index is 0.308. The van der Waals surface area contributed by atoms with E-state index in [9.17, 15) is 9.59 Å². The Morgan fingerprint density at radius 3 is 2.60 bits per heavy atom. The molecule has 1 saturated heterocycles. The zero-order valence-electron chi connectivity index (χ0n) is 5.59. The van der Waals surface area contributed by atoms with E-state index in [1.54, 1.807) is 0 Å². The maximum atomic E-state index is 10.8. The Labute approximate surface area is 58.8 Å². The van der Waals surface area contributed by atoms with Crippen LogP contribution in [0, 0.1) is 0 Å². The van der Waals surface area contributed by atoms with Gasteiger partial charge in [-0.25, -0.2) is 0 Å². The summed E-state index contributed by atoms with van der Waals surface area (Å²) in [6.45, 7) is 0.809. The topological polar surface area (TPSA) is 72.2 Å². The molecule has 0 saturated carbocycles. The average Bonchev–Trinajstić information content (AvgIpc) is 2.36. The second-order valence-corrected chi connectivity index (χ2v) is 2.38. The van der Waals surface area contributed by atoms with Gasteiger partial charge in [-0.05, 0) is 19.4 Å². The van der Waals surface area contributed by atoms with Crippen LogP contribution in [-0.2, 0) is 9.59 Å². The van der Waals surface area contributed by atoms with Gasteiger partial charge in [0.15, 0.2) is 0 Å². The third-order valence-corrected chi connectivity index (χ3v) is 1.62. The largest absolute Gasteiger partial charge is 0.363 e. The quantitative estimate of drug-likeness (QED) is 0.475. The van der Waals surface area contributed by atoms with Crippen LogP contribution in [0.15, 0.2) is 0 Å². The van der Waals surface area contributed by atoms with Crippen molar-refractivity contribution in [2.45, 2.75) is 18.9 Å². The van der Waals surface area contributed by atoms with E-state index in [0.29, 0.717) is 0 Å². The molecule has 0 spiro atoms. The summed E-state index contributed by atoms with van der Waals surface area (Å²) in [6.07, 6.45) is 1.69. The van der Waals surface area contributed by atoms with Gasteiger partial charge in [-0.1, -0.05) is 0 Å². The molecule has 1 atom stereocenters. The van der Waals surface area contributed by atoms with E-state index in [1.807, 2.05) is 0 Å².